The number of thioether (sulfide) groups is 1. The molecule has 3 rings (SSSR count). The number of sulfone groups is 1. The molecule has 1 aromatic heterocycles. The lowest BCUT2D eigenvalue weighted by molar-refractivity contribution is 0.600. The van der Waals surface area contributed by atoms with Crippen LogP contribution in [0.25, 0.3) is 0 Å². The zero-order valence-corrected chi connectivity index (χ0v) is 20.2. The largest absolute Gasteiger partial charge is 0.386 e. The van der Waals surface area contributed by atoms with Gasteiger partial charge in [-0.3, -0.25) is 0 Å². The van der Waals surface area contributed by atoms with Crippen molar-refractivity contribution in [2.24, 2.45) is 16.6 Å². The molecule has 1 aliphatic heterocycles. The van der Waals surface area contributed by atoms with Gasteiger partial charge in [0.25, 0.3) is 0 Å². The van der Waals surface area contributed by atoms with Gasteiger partial charge in [0, 0.05) is 16.8 Å². The molecule has 162 valence electrons. The van der Waals surface area contributed by atoms with E-state index in [1.807, 2.05) is 43.7 Å². The van der Waals surface area contributed by atoms with Crippen molar-refractivity contribution in [1.29, 1.82) is 0 Å². The quantitative estimate of drug-likeness (QED) is 0.461. The number of allylic oxidation sites excluding steroid dienone is 2. The van der Waals surface area contributed by atoms with Crippen LogP contribution < -0.4 is 16.6 Å². The van der Waals surface area contributed by atoms with Crippen LogP contribution in [0.4, 0.5) is 5.00 Å². The lowest BCUT2D eigenvalue weighted by Gasteiger charge is -2.22. The Balaban J connectivity index is 0.000000485. The first kappa shape index (κ1) is 26.0. The fraction of sp³-hybridized carbons (Fsp3) is 0.150. The third-order valence-electron chi connectivity index (χ3n) is 3.56. The van der Waals surface area contributed by atoms with E-state index in [0.717, 1.165) is 5.56 Å². The summed E-state index contributed by atoms with van der Waals surface area (Å²) in [5.74, 6) is 5.92. The van der Waals surface area contributed by atoms with E-state index in [-0.39, 0.29) is 10.7 Å². The van der Waals surface area contributed by atoms with Crippen LogP contribution >= 0.6 is 34.7 Å². The van der Waals surface area contributed by atoms with Gasteiger partial charge in [-0.2, -0.15) is 0 Å². The molecule has 0 saturated carbocycles. The normalized spacial score (nSPS) is 14.2. The highest BCUT2D eigenvalue weighted by Crippen LogP contribution is 2.32. The minimum absolute atomic E-state index is 0.00873. The van der Waals surface area contributed by atoms with Crippen molar-refractivity contribution in [2.75, 3.05) is 11.3 Å². The monoisotopic (exact) mass is 484 g/mol. The summed E-state index contributed by atoms with van der Waals surface area (Å²) in [6, 6.07) is 7.69. The van der Waals surface area contributed by atoms with Gasteiger partial charge in [0.2, 0.25) is 9.84 Å². The first-order valence-corrected chi connectivity index (χ1v) is 12.6. The Morgan fingerprint density at radius 2 is 1.93 bits per heavy atom. The number of hydrogen-bond acceptors (Lipinski definition) is 8. The van der Waals surface area contributed by atoms with Gasteiger partial charge in [-0.1, -0.05) is 36.4 Å². The first-order chi connectivity index (χ1) is 14.2. The van der Waals surface area contributed by atoms with Crippen LogP contribution in [0, 0.1) is 0 Å². The molecule has 0 bridgehead atoms. The number of thiophene rings is 1. The fourth-order valence-corrected chi connectivity index (χ4v) is 4.20. The molecular formula is C20H25ClN4O2S3. The molecule has 2 heterocycles. The highest BCUT2D eigenvalue weighted by Gasteiger charge is 2.27. The third-order valence-corrected chi connectivity index (χ3v) is 6.70. The molecule has 0 spiro atoms. The van der Waals surface area contributed by atoms with Gasteiger partial charge in [0.1, 0.15) is 5.00 Å². The van der Waals surface area contributed by atoms with E-state index in [1.165, 1.54) is 40.8 Å². The Morgan fingerprint density at radius 1 is 1.30 bits per heavy atom. The van der Waals surface area contributed by atoms with Gasteiger partial charge in [-0.05, 0) is 55.2 Å². The SMILES string of the molecule is C/C=C\C.C=CSC.N/C(=C1/N=Cc2ccsc2N1N)S(=O)(=O)c1cccc(Cl)c1. The lowest BCUT2D eigenvalue weighted by Crippen LogP contribution is -2.35. The van der Waals surface area contributed by atoms with Crippen molar-refractivity contribution in [3.63, 3.8) is 0 Å². The van der Waals surface area contributed by atoms with Gasteiger partial charge in [0.15, 0.2) is 10.9 Å². The maximum absolute atomic E-state index is 12.6. The average Bonchev–Trinajstić information content (AvgIpc) is 3.23. The van der Waals surface area contributed by atoms with E-state index in [9.17, 15) is 8.42 Å². The molecule has 4 N–H and O–H groups in total. The summed E-state index contributed by atoms with van der Waals surface area (Å²) >= 11 is 8.83. The second kappa shape index (κ2) is 12.6. The highest BCUT2D eigenvalue weighted by molar-refractivity contribution is 8.01. The molecule has 0 aliphatic carbocycles. The van der Waals surface area contributed by atoms with Crippen LogP contribution in [-0.2, 0) is 9.84 Å². The molecule has 0 atom stereocenters. The topological polar surface area (TPSA) is 102 Å². The van der Waals surface area contributed by atoms with E-state index in [2.05, 4.69) is 11.6 Å². The smallest absolute Gasteiger partial charge is 0.225 e. The standard InChI is InChI=1S/C13H11ClN4O2S2.C4H8.C3H6S/c14-9-2-1-3-10(6-9)22(19,20)11(15)12-17-7-8-4-5-21-13(8)18(12)16;2*1-3-4-2/h1-7H,15-16H2;3-4H,1-2H3;3H,1H2,2H3/b12-11+;4-3-;. The average molecular weight is 485 g/mol. The van der Waals surface area contributed by atoms with Crippen LogP contribution in [0.2, 0.25) is 5.02 Å². The number of hydrogen-bond donors (Lipinski definition) is 2. The van der Waals surface area contributed by atoms with Gasteiger partial charge in [-0.25, -0.2) is 24.3 Å². The summed E-state index contributed by atoms with van der Waals surface area (Å²) in [5, 5.41) is 5.36. The number of aliphatic imine (C=N–C) groups is 1. The maximum atomic E-state index is 12.6. The van der Waals surface area contributed by atoms with Crippen LogP contribution in [0.1, 0.15) is 19.4 Å². The summed E-state index contributed by atoms with van der Waals surface area (Å²) < 4.78 is 25.2. The Labute approximate surface area is 191 Å². The minimum atomic E-state index is -3.94. The Kier molecular flexibility index (Phi) is 10.9. The molecule has 2 aromatic rings. The minimum Gasteiger partial charge on any atom is -0.386 e. The number of fused-ring (bicyclic) bond motifs is 1. The van der Waals surface area contributed by atoms with Crippen LogP contribution in [0.15, 0.2) is 80.6 Å². The zero-order chi connectivity index (χ0) is 22.7. The fourth-order valence-electron chi connectivity index (χ4n) is 1.96. The first-order valence-electron chi connectivity index (χ1n) is 8.62. The molecule has 10 heteroatoms. The molecule has 0 amide bonds. The predicted octanol–water partition coefficient (Wildman–Crippen LogP) is 5.15. The third kappa shape index (κ3) is 6.75. The summed E-state index contributed by atoms with van der Waals surface area (Å²) in [7, 11) is -3.94. The van der Waals surface area contributed by atoms with E-state index in [4.69, 9.17) is 23.2 Å². The molecule has 1 aliphatic rings. The van der Waals surface area contributed by atoms with Crippen molar-refractivity contribution >= 4 is 55.8 Å². The molecular weight excluding hydrogens is 460 g/mol. The van der Waals surface area contributed by atoms with Crippen molar-refractivity contribution in [3.05, 3.63) is 81.3 Å². The number of nitrogens with zero attached hydrogens (tertiary/aromatic N) is 2. The number of nitrogens with two attached hydrogens (primary N) is 2. The predicted molar refractivity (Wildman–Crippen MR) is 133 cm³/mol. The summed E-state index contributed by atoms with van der Waals surface area (Å²) in [6.45, 7) is 7.44. The zero-order valence-electron chi connectivity index (χ0n) is 16.9. The second-order valence-electron chi connectivity index (χ2n) is 5.53. The summed E-state index contributed by atoms with van der Waals surface area (Å²) in [5.41, 5.74) is 6.65. The van der Waals surface area contributed by atoms with Crippen molar-refractivity contribution in [1.82, 2.24) is 0 Å². The molecule has 6 nitrogen and oxygen atoms in total. The van der Waals surface area contributed by atoms with E-state index >= 15 is 0 Å². The van der Waals surface area contributed by atoms with Gasteiger partial charge < -0.3 is 5.73 Å². The lowest BCUT2D eigenvalue weighted by atomic mass is 10.3. The molecule has 0 saturated heterocycles. The van der Waals surface area contributed by atoms with E-state index < -0.39 is 14.9 Å². The van der Waals surface area contributed by atoms with Crippen LogP contribution in [0.3, 0.4) is 0 Å². The highest BCUT2D eigenvalue weighted by atomic mass is 35.5. The molecule has 1 aromatic carbocycles. The Hall–Kier alpha value is -2.04. The van der Waals surface area contributed by atoms with Crippen LogP contribution in [-0.4, -0.2) is 20.9 Å². The number of hydrazine groups is 1. The van der Waals surface area contributed by atoms with Crippen molar-refractivity contribution in [3.8, 4) is 0 Å². The van der Waals surface area contributed by atoms with Crippen LogP contribution in [0.5, 0.6) is 0 Å². The second-order valence-corrected chi connectivity index (χ2v) is 9.58. The number of halogens is 1. The summed E-state index contributed by atoms with van der Waals surface area (Å²) in [6.07, 6.45) is 7.51. The van der Waals surface area contributed by atoms with Crippen molar-refractivity contribution in [2.45, 2.75) is 18.7 Å². The van der Waals surface area contributed by atoms with Gasteiger partial charge in [0.05, 0.1) is 4.90 Å². The van der Waals surface area contributed by atoms with Crippen molar-refractivity contribution < 1.29 is 8.42 Å². The number of rotatable bonds is 3. The Bertz CT molecular complexity index is 1040. The molecule has 0 radical (unpaired) electrons. The molecule has 0 fully saturated rings. The maximum Gasteiger partial charge on any atom is 0.225 e. The molecule has 30 heavy (non-hydrogen) atoms. The number of benzene rings is 1. The molecule has 0 unspecified atom stereocenters. The van der Waals surface area contributed by atoms with Gasteiger partial charge >= 0.3 is 0 Å². The Morgan fingerprint density at radius 3 is 2.47 bits per heavy atom. The summed E-state index contributed by atoms with van der Waals surface area (Å²) in [4.78, 5) is 4.05. The van der Waals surface area contributed by atoms with Gasteiger partial charge in [-0.15, -0.1) is 23.1 Å². The van der Waals surface area contributed by atoms with E-state index in [0.29, 0.717) is 10.0 Å². The van der Waals surface area contributed by atoms with E-state index in [1.54, 1.807) is 23.2 Å². The number of anilines is 1.